The zero-order valence-electron chi connectivity index (χ0n) is 8.83. The van der Waals surface area contributed by atoms with Gasteiger partial charge >= 0.3 is 0 Å². The number of hydrogen-bond donors (Lipinski definition) is 0. The molecule has 0 aliphatic rings. The van der Waals surface area contributed by atoms with E-state index >= 15 is 0 Å². The topological polar surface area (TPSA) is 38.7 Å². The third-order valence-corrected chi connectivity index (χ3v) is 3.22. The minimum absolute atomic E-state index is 0.395. The molecule has 0 amide bonds. The number of aryl methyl sites for hydroxylation is 2. The van der Waals surface area contributed by atoms with Gasteiger partial charge in [-0.1, -0.05) is 17.7 Å². The lowest BCUT2D eigenvalue weighted by Gasteiger charge is -2.05. The van der Waals surface area contributed by atoms with E-state index in [0.29, 0.717) is 15.5 Å². The molecule has 5 heteroatoms. The average Bonchev–Trinajstić information content (AvgIpc) is 2.22. The highest BCUT2D eigenvalue weighted by Gasteiger charge is 2.09. The van der Waals surface area contributed by atoms with Crippen LogP contribution in [0.25, 0.3) is 11.5 Å². The molecule has 0 bridgehead atoms. The van der Waals surface area contributed by atoms with E-state index in [0.717, 1.165) is 16.8 Å². The first-order valence-electron chi connectivity index (χ1n) is 4.69. The molecule has 0 atom stereocenters. The quantitative estimate of drug-likeness (QED) is 0.755. The molecule has 2 aromatic heterocycles. The Balaban J connectivity index is 2.54. The Morgan fingerprint density at radius 3 is 2.56 bits per heavy atom. The molecule has 0 aliphatic carbocycles. The average molecular weight is 299 g/mol. The minimum Gasteiger partial charge on any atom is -0.252 e. The van der Waals surface area contributed by atoms with Crippen LogP contribution in [-0.4, -0.2) is 15.0 Å². The van der Waals surface area contributed by atoms with Crippen LogP contribution in [0.15, 0.2) is 22.9 Å². The second kappa shape index (κ2) is 4.47. The van der Waals surface area contributed by atoms with Gasteiger partial charge < -0.3 is 0 Å². The molecule has 0 unspecified atom stereocenters. The SMILES string of the molecule is Cc1cnc(-c2ncc(Br)c(Cl)n2)c(C)c1. The molecular formula is C11H9BrClN3. The lowest BCUT2D eigenvalue weighted by atomic mass is 10.1. The summed E-state index contributed by atoms with van der Waals surface area (Å²) in [5.74, 6) is 0.547. The van der Waals surface area contributed by atoms with Gasteiger partial charge in [-0.25, -0.2) is 9.97 Å². The Morgan fingerprint density at radius 1 is 1.19 bits per heavy atom. The van der Waals surface area contributed by atoms with E-state index in [2.05, 4.69) is 30.9 Å². The summed E-state index contributed by atoms with van der Waals surface area (Å²) >= 11 is 9.18. The fourth-order valence-corrected chi connectivity index (χ4v) is 1.73. The van der Waals surface area contributed by atoms with Gasteiger partial charge in [-0.05, 0) is 40.9 Å². The first kappa shape index (κ1) is 11.5. The Hall–Kier alpha value is -1.00. The first-order valence-corrected chi connectivity index (χ1v) is 5.86. The van der Waals surface area contributed by atoms with Crippen LogP contribution in [0.1, 0.15) is 11.1 Å². The molecule has 0 aliphatic heterocycles. The van der Waals surface area contributed by atoms with Gasteiger partial charge in [0.25, 0.3) is 0 Å². The summed E-state index contributed by atoms with van der Waals surface area (Å²) in [5, 5.41) is 0.395. The maximum absolute atomic E-state index is 5.92. The highest BCUT2D eigenvalue weighted by atomic mass is 79.9. The monoisotopic (exact) mass is 297 g/mol. The Labute approximate surface area is 107 Å². The molecule has 0 spiro atoms. The summed E-state index contributed by atoms with van der Waals surface area (Å²) in [6.45, 7) is 3.98. The summed E-state index contributed by atoms with van der Waals surface area (Å²) in [4.78, 5) is 12.7. The molecule has 2 aromatic rings. The highest BCUT2D eigenvalue weighted by molar-refractivity contribution is 9.10. The summed E-state index contributed by atoms with van der Waals surface area (Å²) in [7, 11) is 0. The molecule has 2 heterocycles. The van der Waals surface area contributed by atoms with Gasteiger partial charge in [0.15, 0.2) is 5.82 Å². The number of halogens is 2. The van der Waals surface area contributed by atoms with E-state index in [-0.39, 0.29) is 0 Å². The van der Waals surface area contributed by atoms with Gasteiger partial charge in [0.1, 0.15) is 10.8 Å². The van der Waals surface area contributed by atoms with Crippen molar-refractivity contribution in [2.24, 2.45) is 0 Å². The van der Waals surface area contributed by atoms with Crippen molar-refractivity contribution in [1.82, 2.24) is 15.0 Å². The lowest BCUT2D eigenvalue weighted by Crippen LogP contribution is -1.95. The maximum atomic E-state index is 5.92. The van der Waals surface area contributed by atoms with Crippen molar-refractivity contribution in [3.63, 3.8) is 0 Å². The van der Waals surface area contributed by atoms with E-state index < -0.39 is 0 Å². The minimum atomic E-state index is 0.395. The van der Waals surface area contributed by atoms with E-state index in [9.17, 15) is 0 Å². The van der Waals surface area contributed by atoms with Crippen molar-refractivity contribution in [2.75, 3.05) is 0 Å². The number of pyridine rings is 1. The Kier molecular flexibility index (Phi) is 3.21. The summed E-state index contributed by atoms with van der Waals surface area (Å²) < 4.78 is 0.683. The fourth-order valence-electron chi connectivity index (χ4n) is 1.41. The van der Waals surface area contributed by atoms with Crippen LogP contribution >= 0.6 is 27.5 Å². The number of rotatable bonds is 1. The largest absolute Gasteiger partial charge is 0.252 e. The molecule has 3 nitrogen and oxygen atoms in total. The van der Waals surface area contributed by atoms with Gasteiger partial charge in [-0.2, -0.15) is 0 Å². The van der Waals surface area contributed by atoms with Crippen molar-refractivity contribution in [3.8, 4) is 11.5 Å². The first-order chi connectivity index (χ1) is 7.58. The third-order valence-electron chi connectivity index (χ3n) is 2.13. The molecule has 82 valence electrons. The second-order valence-electron chi connectivity index (χ2n) is 3.51. The predicted octanol–water partition coefficient (Wildman–Crippen LogP) is 3.57. The molecule has 0 fully saturated rings. The Bertz CT molecular complexity index is 543. The van der Waals surface area contributed by atoms with Crippen molar-refractivity contribution < 1.29 is 0 Å². The lowest BCUT2D eigenvalue weighted by molar-refractivity contribution is 1.11. The Morgan fingerprint density at radius 2 is 1.94 bits per heavy atom. The summed E-state index contributed by atoms with van der Waals surface area (Å²) in [5.41, 5.74) is 2.92. The molecule has 0 radical (unpaired) electrons. The normalized spacial score (nSPS) is 10.5. The molecule has 2 rings (SSSR count). The van der Waals surface area contributed by atoms with Crippen LogP contribution in [-0.2, 0) is 0 Å². The smallest absolute Gasteiger partial charge is 0.179 e. The molecule has 0 N–H and O–H groups in total. The number of aromatic nitrogens is 3. The van der Waals surface area contributed by atoms with Crippen molar-refractivity contribution >= 4 is 27.5 Å². The molecule has 0 saturated carbocycles. The fraction of sp³-hybridized carbons (Fsp3) is 0.182. The molecule has 16 heavy (non-hydrogen) atoms. The van der Waals surface area contributed by atoms with E-state index in [1.54, 1.807) is 12.4 Å². The zero-order chi connectivity index (χ0) is 11.7. The third kappa shape index (κ3) is 2.23. The molecule has 0 saturated heterocycles. The van der Waals surface area contributed by atoms with Crippen molar-refractivity contribution in [2.45, 2.75) is 13.8 Å². The molecule has 0 aromatic carbocycles. The summed E-state index contributed by atoms with van der Waals surface area (Å²) in [6, 6.07) is 2.04. The second-order valence-corrected chi connectivity index (χ2v) is 4.72. The maximum Gasteiger partial charge on any atom is 0.179 e. The van der Waals surface area contributed by atoms with Crippen molar-refractivity contribution in [3.05, 3.63) is 39.2 Å². The van der Waals surface area contributed by atoms with Crippen molar-refractivity contribution in [1.29, 1.82) is 0 Å². The van der Waals surface area contributed by atoms with Crippen LogP contribution in [0.4, 0.5) is 0 Å². The van der Waals surface area contributed by atoms with Gasteiger partial charge in [-0.15, -0.1) is 0 Å². The number of nitrogens with zero attached hydrogens (tertiary/aromatic N) is 3. The van der Waals surface area contributed by atoms with E-state index in [4.69, 9.17) is 11.6 Å². The van der Waals surface area contributed by atoms with Gasteiger partial charge in [-0.3, -0.25) is 4.98 Å². The summed E-state index contributed by atoms with van der Waals surface area (Å²) in [6.07, 6.45) is 3.42. The van der Waals surface area contributed by atoms with Crippen LogP contribution < -0.4 is 0 Å². The van der Waals surface area contributed by atoms with Crippen LogP contribution in [0, 0.1) is 13.8 Å². The molecular weight excluding hydrogens is 289 g/mol. The van der Waals surface area contributed by atoms with Gasteiger partial charge in [0, 0.05) is 12.4 Å². The van der Waals surface area contributed by atoms with Gasteiger partial charge in [0.2, 0.25) is 0 Å². The van der Waals surface area contributed by atoms with Crippen LogP contribution in [0.2, 0.25) is 5.15 Å². The van der Waals surface area contributed by atoms with E-state index in [1.165, 1.54) is 0 Å². The van der Waals surface area contributed by atoms with Crippen LogP contribution in [0.5, 0.6) is 0 Å². The number of hydrogen-bond acceptors (Lipinski definition) is 3. The standard InChI is InChI=1S/C11H9BrClN3/c1-6-3-7(2)9(14-4-6)11-15-5-8(12)10(13)16-11/h3-5H,1-2H3. The highest BCUT2D eigenvalue weighted by Crippen LogP contribution is 2.23. The van der Waals surface area contributed by atoms with Crippen LogP contribution in [0.3, 0.4) is 0 Å². The van der Waals surface area contributed by atoms with Gasteiger partial charge in [0.05, 0.1) is 4.47 Å². The zero-order valence-corrected chi connectivity index (χ0v) is 11.2. The van der Waals surface area contributed by atoms with E-state index in [1.807, 2.05) is 19.9 Å². The predicted molar refractivity (Wildman–Crippen MR) is 67.4 cm³/mol.